The van der Waals surface area contributed by atoms with Gasteiger partial charge in [-0.15, -0.1) is 0 Å². The maximum atomic E-state index is 12.1. The number of aliphatic hydroxyl groups excluding tert-OH is 2. The predicted molar refractivity (Wildman–Crippen MR) is 174 cm³/mol. The summed E-state index contributed by atoms with van der Waals surface area (Å²) in [5.41, 5.74) is 0. The highest BCUT2D eigenvalue weighted by Crippen LogP contribution is 2.13. The van der Waals surface area contributed by atoms with Crippen molar-refractivity contribution >= 4 is 11.9 Å². The Morgan fingerprint density at radius 3 is 1.88 bits per heavy atom. The number of allylic oxidation sites excluding steroid dienone is 7. The van der Waals surface area contributed by atoms with E-state index in [4.69, 9.17) is 9.47 Å². The first-order chi connectivity index (χ1) is 20.4. The fraction of sp³-hybridized carbons (Fsp3) is 0.722. The number of carbonyl (C=O) groups excluding carboxylic acids is 2. The molecule has 42 heavy (non-hydrogen) atoms. The molecule has 0 saturated carbocycles. The number of rotatable bonds is 28. The fourth-order valence-electron chi connectivity index (χ4n) is 4.28. The van der Waals surface area contributed by atoms with Gasteiger partial charge in [0.1, 0.15) is 6.61 Å². The zero-order chi connectivity index (χ0) is 31.1. The number of carbonyl (C=O) groups is 2. The van der Waals surface area contributed by atoms with Crippen molar-refractivity contribution in [2.45, 2.75) is 149 Å². The van der Waals surface area contributed by atoms with Crippen LogP contribution in [0.25, 0.3) is 0 Å². The molecule has 0 spiro atoms. The minimum Gasteiger partial charge on any atom is -0.462 e. The molecular formula is C36H62O6. The van der Waals surface area contributed by atoms with Crippen molar-refractivity contribution in [3.63, 3.8) is 0 Å². The van der Waals surface area contributed by atoms with Crippen LogP contribution >= 0.6 is 0 Å². The third-order valence-electron chi connectivity index (χ3n) is 6.87. The van der Waals surface area contributed by atoms with E-state index in [0.717, 1.165) is 70.1 Å². The summed E-state index contributed by atoms with van der Waals surface area (Å²) in [6, 6.07) is 0. The summed E-state index contributed by atoms with van der Waals surface area (Å²) in [4.78, 5) is 24.0. The highest BCUT2D eigenvalue weighted by Gasteiger charge is 2.15. The van der Waals surface area contributed by atoms with Crippen LogP contribution in [0.4, 0.5) is 0 Å². The fourth-order valence-corrected chi connectivity index (χ4v) is 4.28. The molecule has 0 aromatic rings. The van der Waals surface area contributed by atoms with E-state index in [1.165, 1.54) is 32.1 Å². The lowest BCUT2D eigenvalue weighted by atomic mass is 10.0. The van der Waals surface area contributed by atoms with Gasteiger partial charge in [0.15, 0.2) is 6.10 Å². The maximum absolute atomic E-state index is 12.1. The van der Waals surface area contributed by atoms with Crippen LogP contribution in [0.2, 0.25) is 0 Å². The van der Waals surface area contributed by atoms with E-state index in [1.54, 1.807) is 0 Å². The van der Waals surface area contributed by atoms with Gasteiger partial charge in [-0.1, -0.05) is 127 Å². The topological polar surface area (TPSA) is 93.1 Å². The molecular weight excluding hydrogens is 528 g/mol. The molecule has 0 aliphatic carbocycles. The molecule has 0 rings (SSSR count). The molecule has 0 radical (unpaired) electrons. The van der Waals surface area contributed by atoms with Crippen LogP contribution in [-0.2, 0) is 19.1 Å². The van der Waals surface area contributed by atoms with Crippen molar-refractivity contribution in [2.75, 3.05) is 13.2 Å². The van der Waals surface area contributed by atoms with Gasteiger partial charge in [0.2, 0.25) is 0 Å². The number of esters is 2. The van der Waals surface area contributed by atoms with Crippen LogP contribution in [0, 0.1) is 5.92 Å². The summed E-state index contributed by atoms with van der Waals surface area (Å²) in [6.45, 7) is 6.19. The van der Waals surface area contributed by atoms with E-state index < -0.39 is 6.10 Å². The molecule has 0 aromatic heterocycles. The van der Waals surface area contributed by atoms with E-state index in [0.29, 0.717) is 12.8 Å². The number of hydrogen-bond acceptors (Lipinski definition) is 6. The zero-order valence-corrected chi connectivity index (χ0v) is 27.0. The normalized spacial score (nSPS) is 13.7. The Morgan fingerprint density at radius 2 is 1.26 bits per heavy atom. The molecule has 0 aliphatic heterocycles. The monoisotopic (exact) mass is 590 g/mol. The lowest BCUT2D eigenvalue weighted by Crippen LogP contribution is -2.28. The van der Waals surface area contributed by atoms with Gasteiger partial charge < -0.3 is 19.7 Å². The van der Waals surface area contributed by atoms with Crippen molar-refractivity contribution in [3.05, 3.63) is 48.6 Å². The molecule has 0 bridgehead atoms. The lowest BCUT2D eigenvalue weighted by Gasteiger charge is -2.15. The molecule has 0 aromatic carbocycles. The molecule has 2 atom stereocenters. The van der Waals surface area contributed by atoms with E-state index in [2.05, 4.69) is 57.2 Å². The molecule has 6 nitrogen and oxygen atoms in total. The SMILES string of the molecule is CCCC[C@@H](O)/C=C\C/C=C\C/C=C\C/C=C\CCCC(=O)O[C@@H](CO)COC(=O)CCCCCCCCCC(C)C. The van der Waals surface area contributed by atoms with Gasteiger partial charge in [-0.3, -0.25) is 9.59 Å². The molecule has 2 N–H and O–H groups in total. The molecule has 6 heteroatoms. The van der Waals surface area contributed by atoms with Crippen LogP contribution < -0.4 is 0 Å². The molecule has 0 fully saturated rings. The Bertz CT molecular complexity index is 752. The predicted octanol–water partition coefficient (Wildman–Crippen LogP) is 8.72. The summed E-state index contributed by atoms with van der Waals surface area (Å²) in [5, 5.41) is 19.2. The van der Waals surface area contributed by atoms with Crippen LogP contribution in [-0.4, -0.2) is 47.6 Å². The molecule has 0 heterocycles. The first kappa shape index (κ1) is 39.8. The molecule has 0 saturated heterocycles. The van der Waals surface area contributed by atoms with Crippen molar-refractivity contribution in [1.29, 1.82) is 0 Å². The van der Waals surface area contributed by atoms with Crippen LogP contribution in [0.5, 0.6) is 0 Å². The summed E-state index contributed by atoms with van der Waals surface area (Å²) in [6.07, 6.45) is 32.3. The van der Waals surface area contributed by atoms with Gasteiger partial charge in [-0.25, -0.2) is 0 Å². The smallest absolute Gasteiger partial charge is 0.306 e. The third-order valence-corrected chi connectivity index (χ3v) is 6.87. The van der Waals surface area contributed by atoms with Crippen LogP contribution in [0.3, 0.4) is 0 Å². The highest BCUT2D eigenvalue weighted by molar-refractivity contribution is 5.70. The van der Waals surface area contributed by atoms with Crippen molar-refractivity contribution in [1.82, 2.24) is 0 Å². The zero-order valence-electron chi connectivity index (χ0n) is 27.0. The average molecular weight is 591 g/mol. The van der Waals surface area contributed by atoms with Gasteiger partial charge >= 0.3 is 11.9 Å². The summed E-state index contributed by atoms with van der Waals surface area (Å²) in [7, 11) is 0. The molecule has 0 amide bonds. The van der Waals surface area contributed by atoms with Crippen LogP contribution in [0.15, 0.2) is 48.6 Å². The molecule has 0 aliphatic rings. The number of hydrogen-bond donors (Lipinski definition) is 2. The quantitative estimate of drug-likeness (QED) is 0.0538. The Balaban J connectivity index is 3.77. The standard InChI is InChI=1S/C36H62O6/c1-4-5-26-33(38)27-22-18-14-10-8-6-7-9-11-15-20-24-29-36(40)42-34(30-37)31-41-35(39)28-23-19-16-12-13-17-21-25-32(2)3/h6-7,10-11,14-15,22,27,32-34,37-38H,4-5,8-9,12-13,16-21,23-26,28-31H2,1-3H3/b7-6-,14-10-,15-11-,27-22-/t33-,34+/m1/s1. The Morgan fingerprint density at radius 1 is 0.690 bits per heavy atom. The van der Waals surface area contributed by atoms with E-state index in [-0.39, 0.29) is 37.7 Å². The number of unbranched alkanes of at least 4 members (excludes halogenated alkanes) is 8. The van der Waals surface area contributed by atoms with E-state index >= 15 is 0 Å². The van der Waals surface area contributed by atoms with Crippen LogP contribution in [0.1, 0.15) is 136 Å². The van der Waals surface area contributed by atoms with Gasteiger partial charge in [0.05, 0.1) is 12.7 Å². The van der Waals surface area contributed by atoms with Gasteiger partial charge in [0.25, 0.3) is 0 Å². The first-order valence-corrected chi connectivity index (χ1v) is 16.6. The second-order valence-electron chi connectivity index (χ2n) is 11.5. The van der Waals surface area contributed by atoms with E-state index in [1.807, 2.05) is 12.2 Å². The second kappa shape index (κ2) is 30.3. The highest BCUT2D eigenvalue weighted by atomic mass is 16.6. The summed E-state index contributed by atoms with van der Waals surface area (Å²) < 4.78 is 10.5. The summed E-state index contributed by atoms with van der Waals surface area (Å²) in [5.74, 6) is 0.0954. The number of aliphatic hydroxyl groups is 2. The molecule has 0 unspecified atom stereocenters. The van der Waals surface area contributed by atoms with Crippen molar-refractivity contribution in [2.24, 2.45) is 5.92 Å². The number of ether oxygens (including phenoxy) is 2. The Labute approximate surface area is 257 Å². The van der Waals surface area contributed by atoms with E-state index in [9.17, 15) is 19.8 Å². The Kier molecular flexibility index (Phi) is 28.7. The second-order valence-corrected chi connectivity index (χ2v) is 11.5. The van der Waals surface area contributed by atoms with Crippen molar-refractivity contribution in [3.8, 4) is 0 Å². The minimum absolute atomic E-state index is 0.1000. The van der Waals surface area contributed by atoms with Gasteiger partial charge in [-0.2, -0.15) is 0 Å². The Hall–Kier alpha value is -2.18. The van der Waals surface area contributed by atoms with Gasteiger partial charge in [0, 0.05) is 12.8 Å². The largest absolute Gasteiger partial charge is 0.462 e. The van der Waals surface area contributed by atoms with Crippen molar-refractivity contribution < 1.29 is 29.3 Å². The minimum atomic E-state index is -0.810. The molecule has 242 valence electrons. The third kappa shape index (κ3) is 29.3. The van der Waals surface area contributed by atoms with Gasteiger partial charge in [-0.05, 0) is 50.9 Å². The first-order valence-electron chi connectivity index (χ1n) is 16.6. The summed E-state index contributed by atoms with van der Waals surface area (Å²) >= 11 is 0. The maximum Gasteiger partial charge on any atom is 0.306 e. The lowest BCUT2D eigenvalue weighted by molar-refractivity contribution is -0.161. The average Bonchev–Trinajstić information content (AvgIpc) is 2.97.